The average Bonchev–Trinajstić information content (AvgIpc) is 3.83. The molecular weight excluding hydrogens is 693 g/mol. The molecule has 0 amide bonds. The third kappa shape index (κ3) is 4.92. The number of hydrogen-bond acceptors (Lipinski definition) is 2. The maximum absolute atomic E-state index is 6.69. The molecule has 0 N–H and O–H groups in total. The van der Waals surface area contributed by atoms with Crippen LogP contribution in [-0.2, 0) is 0 Å². The first-order valence-corrected chi connectivity index (χ1v) is 19.5. The van der Waals surface area contributed by atoms with Gasteiger partial charge in [-0.25, -0.2) is 0 Å². The number of para-hydroxylation sites is 4. The van der Waals surface area contributed by atoms with Gasteiger partial charge in [-0.1, -0.05) is 133 Å². The molecule has 0 unspecified atom stereocenters. The van der Waals surface area contributed by atoms with Crippen molar-refractivity contribution >= 4 is 93.1 Å². The van der Waals surface area contributed by atoms with Gasteiger partial charge in [0.2, 0.25) is 0 Å². The number of aromatic nitrogens is 1. The normalized spacial score (nSPS) is 11.9. The third-order valence-corrected chi connectivity index (χ3v) is 11.7. The lowest BCUT2D eigenvalue weighted by Crippen LogP contribution is -2.09. The Hall–Kier alpha value is -7.62. The minimum atomic E-state index is 0.864. The van der Waals surface area contributed by atoms with Gasteiger partial charge in [0.05, 0.1) is 11.0 Å². The first-order chi connectivity index (χ1) is 28.3. The van der Waals surface area contributed by atoms with Crippen molar-refractivity contribution in [3.63, 3.8) is 0 Å². The lowest BCUT2D eigenvalue weighted by molar-refractivity contribution is 0.669. The Morgan fingerprint density at radius 3 is 1.91 bits per heavy atom. The molecule has 2 aromatic heterocycles. The molecule has 0 aliphatic heterocycles. The number of nitrogens with zero attached hydrogens (tertiary/aromatic N) is 2. The van der Waals surface area contributed by atoms with Gasteiger partial charge in [-0.15, -0.1) is 0 Å². The summed E-state index contributed by atoms with van der Waals surface area (Å²) in [5.41, 5.74) is 10.9. The highest BCUT2D eigenvalue weighted by Gasteiger charge is 2.19. The van der Waals surface area contributed by atoms with Crippen molar-refractivity contribution in [2.24, 2.45) is 0 Å². The van der Waals surface area contributed by atoms with Crippen molar-refractivity contribution < 1.29 is 4.42 Å². The summed E-state index contributed by atoms with van der Waals surface area (Å²) >= 11 is 0. The van der Waals surface area contributed by atoms with E-state index in [4.69, 9.17) is 4.42 Å². The summed E-state index contributed by atoms with van der Waals surface area (Å²) in [6.07, 6.45) is 0. The Balaban J connectivity index is 1.01. The predicted octanol–water partition coefficient (Wildman–Crippen LogP) is 15.3. The standard InChI is InChI=1S/C54H34N2O/c1-3-13-39(14-4-1)55(41-27-24-36-23-22-35-12-7-8-17-43(35)49(36)33-41)42-28-30-48-52(34-42)57-51-31-26-37-32-38(25-29-44(37)53(48)51)45-19-11-20-47-46-18-9-10-21-50(46)56(54(45)47)40-15-5-2-6-16-40/h1-34H. The number of hydrogen-bond donors (Lipinski definition) is 0. The van der Waals surface area contributed by atoms with Gasteiger partial charge in [-0.05, 0) is 105 Å². The zero-order chi connectivity index (χ0) is 37.5. The summed E-state index contributed by atoms with van der Waals surface area (Å²) in [7, 11) is 0. The molecule has 0 bridgehead atoms. The van der Waals surface area contributed by atoms with Crippen LogP contribution >= 0.6 is 0 Å². The maximum atomic E-state index is 6.69. The molecule has 12 aromatic rings. The highest BCUT2D eigenvalue weighted by atomic mass is 16.3. The Morgan fingerprint density at radius 1 is 0.368 bits per heavy atom. The van der Waals surface area contributed by atoms with E-state index < -0.39 is 0 Å². The Kier molecular flexibility index (Phi) is 6.93. The number of benzene rings is 10. The molecule has 2 heterocycles. The van der Waals surface area contributed by atoms with E-state index >= 15 is 0 Å². The van der Waals surface area contributed by atoms with Gasteiger partial charge in [-0.2, -0.15) is 0 Å². The fourth-order valence-electron chi connectivity index (χ4n) is 9.15. The van der Waals surface area contributed by atoms with Crippen molar-refractivity contribution in [1.82, 2.24) is 4.57 Å². The second-order valence-corrected chi connectivity index (χ2v) is 14.9. The van der Waals surface area contributed by atoms with E-state index in [-0.39, 0.29) is 0 Å². The van der Waals surface area contributed by atoms with Crippen molar-refractivity contribution in [1.29, 1.82) is 0 Å². The predicted molar refractivity (Wildman–Crippen MR) is 241 cm³/mol. The van der Waals surface area contributed by atoms with Crippen molar-refractivity contribution in [2.75, 3.05) is 4.90 Å². The number of anilines is 3. The summed E-state index contributed by atoms with van der Waals surface area (Å²) in [5, 5.41) is 12.1. The highest BCUT2D eigenvalue weighted by Crippen LogP contribution is 2.43. The molecule has 266 valence electrons. The van der Waals surface area contributed by atoms with Gasteiger partial charge >= 0.3 is 0 Å². The molecule has 0 fully saturated rings. The minimum absolute atomic E-state index is 0.864. The van der Waals surface area contributed by atoms with Crippen LogP contribution in [-0.4, -0.2) is 4.57 Å². The first kappa shape index (κ1) is 31.7. The van der Waals surface area contributed by atoms with E-state index in [1.165, 1.54) is 65.3 Å². The van der Waals surface area contributed by atoms with E-state index in [2.05, 4.69) is 216 Å². The monoisotopic (exact) mass is 726 g/mol. The van der Waals surface area contributed by atoms with E-state index in [9.17, 15) is 0 Å². The fraction of sp³-hybridized carbons (Fsp3) is 0. The number of fused-ring (bicyclic) bond motifs is 11. The van der Waals surface area contributed by atoms with Crippen LogP contribution in [0.25, 0.3) is 92.9 Å². The van der Waals surface area contributed by atoms with Crippen molar-refractivity contribution in [3.8, 4) is 16.8 Å². The molecule has 3 heteroatoms. The van der Waals surface area contributed by atoms with Crippen molar-refractivity contribution in [3.05, 3.63) is 206 Å². The average molecular weight is 727 g/mol. The SMILES string of the molecule is c1ccc(N(c2ccc3c(c2)oc2ccc4cc(-c5cccc6c7ccccc7n(-c7ccccc7)c56)ccc4c23)c2ccc3ccc4ccccc4c3c2)cc1. The molecule has 3 nitrogen and oxygen atoms in total. The van der Waals surface area contributed by atoms with Crippen LogP contribution in [0.1, 0.15) is 0 Å². The van der Waals surface area contributed by atoms with Gasteiger partial charge in [0.25, 0.3) is 0 Å². The fourth-order valence-corrected chi connectivity index (χ4v) is 9.15. The zero-order valence-electron chi connectivity index (χ0n) is 30.9. The molecular formula is C54H34N2O. The molecule has 0 saturated heterocycles. The van der Waals surface area contributed by atoms with Crippen LogP contribution in [0.4, 0.5) is 17.1 Å². The smallest absolute Gasteiger partial charge is 0.137 e. The third-order valence-electron chi connectivity index (χ3n) is 11.7. The summed E-state index contributed by atoms with van der Waals surface area (Å²) in [4.78, 5) is 2.33. The molecule has 0 radical (unpaired) electrons. The quantitative estimate of drug-likeness (QED) is 0.165. The summed E-state index contributed by atoms with van der Waals surface area (Å²) in [6.45, 7) is 0. The number of rotatable bonds is 5. The lowest BCUT2D eigenvalue weighted by Gasteiger charge is -2.26. The molecule has 0 saturated carbocycles. The first-order valence-electron chi connectivity index (χ1n) is 19.5. The van der Waals surface area contributed by atoms with Crippen LogP contribution in [0.5, 0.6) is 0 Å². The van der Waals surface area contributed by atoms with Crippen LogP contribution in [0.15, 0.2) is 211 Å². The second kappa shape index (κ2) is 12.5. The van der Waals surface area contributed by atoms with Crippen LogP contribution < -0.4 is 4.90 Å². The van der Waals surface area contributed by atoms with Gasteiger partial charge in [0.1, 0.15) is 11.2 Å². The molecule has 0 aliphatic rings. The Bertz CT molecular complexity index is 3520. The largest absolute Gasteiger partial charge is 0.456 e. The van der Waals surface area contributed by atoms with Gasteiger partial charge in [0, 0.05) is 55.9 Å². The maximum Gasteiger partial charge on any atom is 0.137 e. The summed E-state index contributed by atoms with van der Waals surface area (Å²) in [6, 6.07) is 74.4. The molecule has 0 spiro atoms. The molecule has 0 aliphatic carbocycles. The molecule has 0 atom stereocenters. The van der Waals surface area contributed by atoms with Gasteiger partial charge < -0.3 is 13.9 Å². The minimum Gasteiger partial charge on any atom is -0.456 e. The Labute approximate surface area is 328 Å². The van der Waals surface area contributed by atoms with E-state index in [1.807, 2.05) is 0 Å². The highest BCUT2D eigenvalue weighted by molar-refractivity contribution is 6.20. The zero-order valence-corrected chi connectivity index (χ0v) is 30.9. The van der Waals surface area contributed by atoms with E-state index in [1.54, 1.807) is 0 Å². The number of furan rings is 1. The van der Waals surface area contributed by atoms with Crippen LogP contribution in [0.2, 0.25) is 0 Å². The van der Waals surface area contributed by atoms with Gasteiger partial charge in [-0.3, -0.25) is 0 Å². The second-order valence-electron chi connectivity index (χ2n) is 14.9. The van der Waals surface area contributed by atoms with Crippen molar-refractivity contribution in [2.45, 2.75) is 0 Å². The Morgan fingerprint density at radius 2 is 1.04 bits per heavy atom. The van der Waals surface area contributed by atoms with E-state index in [0.29, 0.717) is 0 Å². The molecule has 10 aromatic carbocycles. The summed E-state index contributed by atoms with van der Waals surface area (Å²) in [5.74, 6) is 0. The summed E-state index contributed by atoms with van der Waals surface area (Å²) < 4.78 is 9.10. The van der Waals surface area contributed by atoms with Gasteiger partial charge in [0.15, 0.2) is 0 Å². The topological polar surface area (TPSA) is 21.3 Å². The molecule has 57 heavy (non-hydrogen) atoms. The lowest BCUT2D eigenvalue weighted by atomic mass is 9.97. The van der Waals surface area contributed by atoms with Crippen LogP contribution in [0.3, 0.4) is 0 Å². The van der Waals surface area contributed by atoms with E-state index in [0.717, 1.165) is 44.7 Å². The van der Waals surface area contributed by atoms with Crippen LogP contribution in [0, 0.1) is 0 Å². The molecule has 12 rings (SSSR count).